The summed E-state index contributed by atoms with van der Waals surface area (Å²) < 4.78 is 3.97. The number of amides is 1. The van der Waals surface area contributed by atoms with E-state index in [-0.39, 0.29) is 18.0 Å². The van der Waals surface area contributed by atoms with Gasteiger partial charge in [-0.3, -0.25) is 4.79 Å². The minimum Gasteiger partial charge on any atom is -0.350 e. The zero-order chi connectivity index (χ0) is 21.5. The van der Waals surface area contributed by atoms with Gasteiger partial charge in [-0.05, 0) is 57.2 Å². The Hall–Kier alpha value is -3.14. The molecule has 3 aliphatic rings. The van der Waals surface area contributed by atoms with Gasteiger partial charge in [0.15, 0.2) is 5.82 Å². The summed E-state index contributed by atoms with van der Waals surface area (Å²) >= 11 is 0. The molecule has 1 amide bonds. The highest BCUT2D eigenvalue weighted by atomic mass is 16.2. The molecule has 0 spiro atoms. The summed E-state index contributed by atoms with van der Waals surface area (Å²) in [7, 11) is 0. The molecule has 2 atom stereocenters. The number of carbonyl (C=O) groups is 1. The third kappa shape index (κ3) is 3.79. The summed E-state index contributed by atoms with van der Waals surface area (Å²) in [5.41, 5.74) is 0.878. The zero-order valence-electron chi connectivity index (χ0n) is 18.1. The Morgan fingerprint density at radius 1 is 1.19 bits per heavy atom. The maximum absolute atomic E-state index is 13.1. The van der Waals surface area contributed by atoms with E-state index in [0.717, 1.165) is 56.7 Å². The first-order valence-electron chi connectivity index (χ1n) is 11.7. The van der Waals surface area contributed by atoms with Crippen LogP contribution >= 0.6 is 0 Å². The summed E-state index contributed by atoms with van der Waals surface area (Å²) in [4.78, 5) is 24.5. The average molecular weight is 436 g/mol. The number of hydrogen-bond donors (Lipinski definition) is 3. The zero-order valence-corrected chi connectivity index (χ0v) is 18.1. The van der Waals surface area contributed by atoms with Crippen molar-refractivity contribution >= 4 is 29.0 Å². The lowest BCUT2D eigenvalue weighted by atomic mass is 10.1. The summed E-state index contributed by atoms with van der Waals surface area (Å²) in [6, 6.07) is 4.47. The molecule has 2 saturated heterocycles. The van der Waals surface area contributed by atoms with Gasteiger partial charge in [-0.15, -0.1) is 5.10 Å². The summed E-state index contributed by atoms with van der Waals surface area (Å²) in [6.45, 7) is 2.64. The fraction of sp³-hybridized carbons (Fsp3) is 0.545. The highest BCUT2D eigenvalue weighted by Gasteiger charge is 2.34. The molecule has 3 aromatic rings. The number of nitrogens with one attached hydrogen (secondary N) is 3. The molecule has 0 bridgehead atoms. The Balaban J connectivity index is 1.25. The highest BCUT2D eigenvalue weighted by Crippen LogP contribution is 2.35. The smallest absolute Gasteiger partial charge is 0.246 e. The predicted octanol–water partition coefficient (Wildman–Crippen LogP) is 1.84. The van der Waals surface area contributed by atoms with Gasteiger partial charge in [0, 0.05) is 37.6 Å². The molecule has 1 aliphatic carbocycles. The maximum Gasteiger partial charge on any atom is 0.246 e. The van der Waals surface area contributed by atoms with Crippen LogP contribution in [0.4, 0.5) is 17.6 Å². The van der Waals surface area contributed by atoms with E-state index in [4.69, 9.17) is 10.1 Å². The largest absolute Gasteiger partial charge is 0.350 e. The normalized spacial score (nSPS) is 23.6. The number of aromatic nitrogens is 5. The Morgan fingerprint density at radius 2 is 2.12 bits per heavy atom. The molecule has 0 radical (unpaired) electrons. The van der Waals surface area contributed by atoms with Crippen molar-refractivity contribution in [2.45, 2.75) is 56.7 Å². The van der Waals surface area contributed by atoms with Gasteiger partial charge in [0.05, 0.1) is 6.33 Å². The van der Waals surface area contributed by atoms with Gasteiger partial charge in [0.1, 0.15) is 17.4 Å². The molecule has 168 valence electrons. The van der Waals surface area contributed by atoms with Crippen molar-refractivity contribution in [2.75, 3.05) is 29.9 Å². The number of hydrogen-bond acceptors (Lipinski definition) is 7. The molecule has 6 rings (SSSR count). The standard InChI is InChI=1S/C22H29N9O/c32-21(25-15-4-1-9-23-12-15)18-6-2-10-30(18)22-27-20(17-5-3-11-31(17)28-22)26-19-13-29(14-24-19)16-7-8-16/h3,5,11,13-16,18,23H,1-2,4,6-10,12H2,(H,25,32)(H,26,27,28)/t15?,18-/m0/s1. The summed E-state index contributed by atoms with van der Waals surface area (Å²) in [5.74, 6) is 2.11. The van der Waals surface area contributed by atoms with Gasteiger partial charge in [0.25, 0.3) is 0 Å². The van der Waals surface area contributed by atoms with Crippen LogP contribution in [-0.4, -0.2) is 61.8 Å². The van der Waals surface area contributed by atoms with Gasteiger partial charge in [-0.25, -0.2) is 9.50 Å². The second-order valence-corrected chi connectivity index (χ2v) is 9.06. The van der Waals surface area contributed by atoms with E-state index in [1.165, 1.54) is 12.8 Å². The quantitative estimate of drug-likeness (QED) is 0.543. The molecule has 3 N–H and O–H groups in total. The van der Waals surface area contributed by atoms with E-state index >= 15 is 0 Å². The van der Waals surface area contributed by atoms with Crippen LogP contribution in [0.25, 0.3) is 5.52 Å². The van der Waals surface area contributed by atoms with Crippen molar-refractivity contribution in [3.8, 4) is 0 Å². The first-order chi connectivity index (χ1) is 15.7. The number of piperidine rings is 1. The number of carbonyl (C=O) groups excluding carboxylic acids is 1. The van der Waals surface area contributed by atoms with E-state index in [1.54, 1.807) is 0 Å². The third-order valence-corrected chi connectivity index (χ3v) is 6.65. The number of anilines is 3. The summed E-state index contributed by atoms with van der Waals surface area (Å²) in [6.07, 6.45) is 12.1. The summed E-state index contributed by atoms with van der Waals surface area (Å²) in [5, 5.41) is 14.7. The minimum absolute atomic E-state index is 0.0742. The number of nitrogens with zero attached hydrogens (tertiary/aromatic N) is 6. The van der Waals surface area contributed by atoms with Crippen molar-refractivity contribution in [3.05, 3.63) is 30.9 Å². The van der Waals surface area contributed by atoms with Gasteiger partial charge in [0.2, 0.25) is 11.9 Å². The molecular weight excluding hydrogens is 406 g/mol. The van der Waals surface area contributed by atoms with Crippen LogP contribution in [0.1, 0.15) is 44.6 Å². The Kier molecular flexibility index (Phi) is 4.94. The molecule has 1 unspecified atom stereocenters. The fourth-order valence-corrected chi connectivity index (χ4v) is 4.78. The molecule has 10 heteroatoms. The van der Waals surface area contributed by atoms with Crippen LogP contribution in [0.2, 0.25) is 0 Å². The van der Waals surface area contributed by atoms with Crippen LogP contribution in [0.15, 0.2) is 30.9 Å². The number of rotatable bonds is 6. The Morgan fingerprint density at radius 3 is 2.97 bits per heavy atom. The van der Waals surface area contributed by atoms with Gasteiger partial charge in [-0.1, -0.05) is 0 Å². The van der Waals surface area contributed by atoms with Crippen LogP contribution < -0.4 is 20.9 Å². The molecular formula is C22H29N9O. The molecule has 0 aromatic carbocycles. The maximum atomic E-state index is 13.1. The fourth-order valence-electron chi connectivity index (χ4n) is 4.78. The van der Waals surface area contributed by atoms with E-state index in [9.17, 15) is 4.79 Å². The molecule has 3 fully saturated rings. The van der Waals surface area contributed by atoms with E-state index in [0.29, 0.717) is 17.8 Å². The van der Waals surface area contributed by atoms with E-state index in [2.05, 4.69) is 25.5 Å². The molecule has 10 nitrogen and oxygen atoms in total. The molecule has 3 aromatic heterocycles. The molecule has 2 aliphatic heterocycles. The number of imidazole rings is 1. The lowest BCUT2D eigenvalue weighted by molar-refractivity contribution is -0.123. The van der Waals surface area contributed by atoms with E-state index in [1.807, 2.05) is 40.3 Å². The van der Waals surface area contributed by atoms with Crippen molar-refractivity contribution < 1.29 is 4.79 Å². The monoisotopic (exact) mass is 435 g/mol. The molecule has 32 heavy (non-hydrogen) atoms. The average Bonchev–Trinajstić information content (AvgIpc) is 3.20. The van der Waals surface area contributed by atoms with Crippen molar-refractivity contribution in [1.29, 1.82) is 0 Å². The molecule has 1 saturated carbocycles. The third-order valence-electron chi connectivity index (χ3n) is 6.65. The van der Waals surface area contributed by atoms with E-state index < -0.39 is 0 Å². The number of fused-ring (bicyclic) bond motifs is 1. The first kappa shape index (κ1) is 19.5. The Labute approximate surface area is 186 Å². The van der Waals surface area contributed by atoms with Gasteiger partial charge >= 0.3 is 0 Å². The minimum atomic E-state index is -0.244. The highest BCUT2D eigenvalue weighted by molar-refractivity contribution is 5.86. The lowest BCUT2D eigenvalue weighted by Crippen LogP contribution is -2.51. The first-order valence-corrected chi connectivity index (χ1v) is 11.7. The van der Waals surface area contributed by atoms with Crippen LogP contribution in [0.5, 0.6) is 0 Å². The van der Waals surface area contributed by atoms with Crippen LogP contribution in [0, 0.1) is 0 Å². The van der Waals surface area contributed by atoms with Crippen LogP contribution in [-0.2, 0) is 4.79 Å². The topological polar surface area (TPSA) is 104 Å². The predicted molar refractivity (Wildman–Crippen MR) is 121 cm³/mol. The Bertz CT molecular complexity index is 1110. The SMILES string of the molecule is O=C(NC1CCCNC1)[C@@H]1CCCN1c1nc(Nc2cn(C3CC3)cn2)c2cccn2n1. The van der Waals surface area contributed by atoms with Crippen molar-refractivity contribution in [2.24, 2.45) is 0 Å². The van der Waals surface area contributed by atoms with Crippen LogP contribution in [0.3, 0.4) is 0 Å². The van der Waals surface area contributed by atoms with Gasteiger partial charge in [-0.2, -0.15) is 4.98 Å². The molecule has 5 heterocycles. The van der Waals surface area contributed by atoms with Crippen molar-refractivity contribution in [3.63, 3.8) is 0 Å². The lowest BCUT2D eigenvalue weighted by Gasteiger charge is -2.28. The second-order valence-electron chi connectivity index (χ2n) is 9.06. The second kappa shape index (κ2) is 8.09. The van der Waals surface area contributed by atoms with Crippen molar-refractivity contribution in [1.82, 2.24) is 34.8 Å². The van der Waals surface area contributed by atoms with Gasteiger partial charge < -0.3 is 25.4 Å².